The fourth-order valence-electron chi connectivity index (χ4n) is 1.29. The van der Waals surface area contributed by atoms with Crippen LogP contribution in [0.15, 0.2) is 35.2 Å². The molecule has 0 saturated carbocycles. The van der Waals surface area contributed by atoms with E-state index in [2.05, 4.69) is 20.2 Å². The maximum absolute atomic E-state index is 12.7. The number of nitrogens with two attached hydrogens (primary N) is 1. The van der Waals surface area contributed by atoms with E-state index in [0.717, 1.165) is 24.3 Å². The maximum atomic E-state index is 12.7. The van der Waals surface area contributed by atoms with Crippen LogP contribution in [0.2, 0.25) is 5.15 Å². The van der Waals surface area contributed by atoms with Crippen LogP contribution in [-0.4, -0.2) is 18.4 Å². The van der Waals surface area contributed by atoms with E-state index in [0.29, 0.717) is 0 Å². The molecule has 0 fully saturated rings. The van der Waals surface area contributed by atoms with Crippen LogP contribution >= 0.6 is 11.6 Å². The number of hydrogen-bond acceptors (Lipinski definition) is 6. The molecule has 2 aromatic rings. The van der Waals surface area contributed by atoms with Crippen molar-refractivity contribution in [2.45, 2.75) is 4.90 Å². The van der Waals surface area contributed by atoms with Crippen molar-refractivity contribution in [3.05, 3.63) is 41.3 Å². The van der Waals surface area contributed by atoms with Crippen LogP contribution in [0, 0.1) is 5.82 Å². The largest absolute Gasteiger partial charge is 0.368 e. The fraction of sp³-hybridized carbons (Fsp3) is 0. The van der Waals surface area contributed by atoms with Crippen LogP contribution in [0.1, 0.15) is 0 Å². The van der Waals surface area contributed by atoms with Crippen LogP contribution in [0.5, 0.6) is 0 Å². The number of benzene rings is 1. The number of hydrazine groups is 1. The lowest BCUT2D eigenvalue weighted by Crippen LogP contribution is -2.30. The van der Waals surface area contributed by atoms with Gasteiger partial charge in [-0.05, 0) is 24.3 Å². The monoisotopic (exact) mass is 317 g/mol. The standard InChI is InChI=1S/C10H9ClFN5O2S/c11-8-5-9(15-10(13)14-8)16-17-20(18,19)7-3-1-6(12)2-4-7/h1-5,17H,(H3,13,14,15,16). The molecule has 7 nitrogen and oxygen atoms in total. The third kappa shape index (κ3) is 3.53. The number of rotatable bonds is 4. The van der Waals surface area contributed by atoms with Gasteiger partial charge in [-0.2, -0.15) is 4.98 Å². The van der Waals surface area contributed by atoms with Crippen LogP contribution in [0.3, 0.4) is 0 Å². The second kappa shape index (κ2) is 5.57. The molecule has 0 aliphatic carbocycles. The summed E-state index contributed by atoms with van der Waals surface area (Å²) in [7, 11) is -3.87. The Kier molecular flexibility index (Phi) is 4.02. The molecule has 0 aliphatic heterocycles. The summed E-state index contributed by atoms with van der Waals surface area (Å²) in [5, 5.41) is 0.0565. The molecule has 0 bridgehead atoms. The summed E-state index contributed by atoms with van der Waals surface area (Å²) in [6.07, 6.45) is 0. The van der Waals surface area contributed by atoms with E-state index in [1.165, 1.54) is 6.07 Å². The van der Waals surface area contributed by atoms with Gasteiger partial charge in [0.15, 0.2) is 0 Å². The Morgan fingerprint density at radius 3 is 2.45 bits per heavy atom. The molecule has 106 valence electrons. The summed E-state index contributed by atoms with van der Waals surface area (Å²) in [5.74, 6) is -0.568. The van der Waals surface area contributed by atoms with Crippen molar-refractivity contribution in [2.24, 2.45) is 0 Å². The molecule has 1 aromatic heterocycles. The molecule has 4 N–H and O–H groups in total. The van der Waals surface area contributed by atoms with Crippen LogP contribution in [0.4, 0.5) is 16.2 Å². The minimum Gasteiger partial charge on any atom is -0.368 e. The van der Waals surface area contributed by atoms with Gasteiger partial charge in [-0.3, -0.25) is 5.43 Å². The molecule has 1 heterocycles. The summed E-state index contributed by atoms with van der Waals surface area (Å²) in [6.45, 7) is 0. The zero-order valence-corrected chi connectivity index (χ0v) is 11.4. The van der Waals surface area contributed by atoms with E-state index in [4.69, 9.17) is 17.3 Å². The Bertz CT molecular complexity index is 703. The summed E-state index contributed by atoms with van der Waals surface area (Å²) in [5.41, 5.74) is 7.69. The lowest BCUT2D eigenvalue weighted by atomic mass is 10.4. The molecule has 0 amide bonds. The Morgan fingerprint density at radius 2 is 1.85 bits per heavy atom. The first kappa shape index (κ1) is 14.4. The second-order valence-electron chi connectivity index (χ2n) is 3.62. The number of anilines is 2. The number of sulfonamides is 1. The normalized spacial score (nSPS) is 11.3. The highest BCUT2D eigenvalue weighted by molar-refractivity contribution is 7.89. The number of nitrogen functional groups attached to an aromatic ring is 1. The summed E-state index contributed by atoms with van der Waals surface area (Å²) in [6, 6.07) is 5.61. The Balaban J connectivity index is 2.15. The molecule has 0 aliphatic rings. The Labute approximate surface area is 119 Å². The predicted octanol–water partition coefficient (Wildman–Crippen LogP) is 1.16. The van der Waals surface area contributed by atoms with Crippen molar-refractivity contribution in [3.8, 4) is 0 Å². The van der Waals surface area contributed by atoms with Gasteiger partial charge in [0.2, 0.25) is 5.95 Å². The molecule has 10 heteroatoms. The Morgan fingerprint density at radius 1 is 1.20 bits per heavy atom. The number of nitrogens with one attached hydrogen (secondary N) is 2. The van der Waals surface area contributed by atoms with E-state index in [9.17, 15) is 12.8 Å². The highest BCUT2D eigenvalue weighted by Gasteiger charge is 2.14. The van der Waals surface area contributed by atoms with Crippen molar-refractivity contribution in [3.63, 3.8) is 0 Å². The van der Waals surface area contributed by atoms with E-state index < -0.39 is 15.8 Å². The number of nitrogens with zero attached hydrogens (tertiary/aromatic N) is 2. The molecular formula is C10H9ClFN5O2S. The van der Waals surface area contributed by atoms with E-state index >= 15 is 0 Å². The quantitative estimate of drug-likeness (QED) is 0.576. The second-order valence-corrected chi connectivity index (χ2v) is 5.69. The first-order chi connectivity index (χ1) is 9.37. The minimum absolute atomic E-state index is 0.0565. The predicted molar refractivity (Wildman–Crippen MR) is 71.8 cm³/mol. The minimum atomic E-state index is -3.87. The van der Waals surface area contributed by atoms with Gasteiger partial charge >= 0.3 is 0 Å². The van der Waals surface area contributed by atoms with Gasteiger partial charge in [0.25, 0.3) is 10.0 Å². The molecule has 0 unspecified atom stereocenters. The summed E-state index contributed by atoms with van der Waals surface area (Å²) < 4.78 is 36.5. The van der Waals surface area contributed by atoms with E-state index in [1.807, 2.05) is 0 Å². The highest BCUT2D eigenvalue weighted by atomic mass is 35.5. The lowest BCUT2D eigenvalue weighted by Gasteiger charge is -2.09. The average molecular weight is 318 g/mol. The van der Waals surface area contributed by atoms with Crippen LogP contribution in [0.25, 0.3) is 0 Å². The van der Waals surface area contributed by atoms with Gasteiger partial charge in [0.05, 0.1) is 4.90 Å². The lowest BCUT2D eigenvalue weighted by molar-refractivity contribution is 0.586. The van der Waals surface area contributed by atoms with Gasteiger partial charge in [0.1, 0.15) is 16.8 Å². The maximum Gasteiger partial charge on any atom is 0.257 e. The molecule has 0 radical (unpaired) electrons. The molecular weight excluding hydrogens is 309 g/mol. The van der Waals surface area contributed by atoms with Crippen molar-refractivity contribution in [1.29, 1.82) is 0 Å². The van der Waals surface area contributed by atoms with Gasteiger partial charge in [-0.1, -0.05) is 11.6 Å². The fourth-order valence-corrected chi connectivity index (χ4v) is 2.33. The molecule has 0 atom stereocenters. The first-order valence-corrected chi connectivity index (χ1v) is 7.06. The van der Waals surface area contributed by atoms with Gasteiger partial charge in [-0.15, -0.1) is 4.83 Å². The van der Waals surface area contributed by atoms with E-state index in [-0.39, 0.29) is 21.8 Å². The van der Waals surface area contributed by atoms with Gasteiger partial charge in [-0.25, -0.2) is 17.8 Å². The van der Waals surface area contributed by atoms with Gasteiger partial charge in [0, 0.05) is 6.07 Å². The van der Waals surface area contributed by atoms with Crippen LogP contribution in [-0.2, 0) is 10.0 Å². The number of aromatic nitrogens is 2. The topological polar surface area (TPSA) is 110 Å². The molecule has 0 spiro atoms. The molecule has 1 aromatic carbocycles. The summed E-state index contributed by atoms with van der Waals surface area (Å²) in [4.78, 5) is 9.30. The summed E-state index contributed by atoms with van der Waals surface area (Å²) >= 11 is 5.64. The molecule has 20 heavy (non-hydrogen) atoms. The first-order valence-electron chi connectivity index (χ1n) is 5.20. The van der Waals surface area contributed by atoms with E-state index in [1.54, 1.807) is 0 Å². The third-order valence-corrected chi connectivity index (χ3v) is 3.61. The zero-order valence-electron chi connectivity index (χ0n) is 9.84. The van der Waals surface area contributed by atoms with Crippen LogP contribution < -0.4 is 16.0 Å². The van der Waals surface area contributed by atoms with Crippen molar-refractivity contribution in [2.75, 3.05) is 11.2 Å². The average Bonchev–Trinajstić information content (AvgIpc) is 2.36. The van der Waals surface area contributed by atoms with Gasteiger partial charge < -0.3 is 5.73 Å². The number of hydrogen-bond donors (Lipinski definition) is 3. The van der Waals surface area contributed by atoms with Crippen molar-refractivity contribution in [1.82, 2.24) is 14.8 Å². The number of halogens is 2. The molecule has 0 saturated heterocycles. The van der Waals surface area contributed by atoms with Crippen molar-refractivity contribution >= 4 is 33.4 Å². The Hall–Kier alpha value is -1.97. The smallest absolute Gasteiger partial charge is 0.257 e. The molecule has 2 rings (SSSR count). The highest BCUT2D eigenvalue weighted by Crippen LogP contribution is 2.13. The third-order valence-electron chi connectivity index (χ3n) is 2.15. The SMILES string of the molecule is Nc1nc(Cl)cc(NNS(=O)(=O)c2ccc(F)cc2)n1. The zero-order chi connectivity index (χ0) is 14.8. The van der Waals surface area contributed by atoms with Crippen molar-refractivity contribution < 1.29 is 12.8 Å².